The van der Waals surface area contributed by atoms with Gasteiger partial charge in [-0.15, -0.1) is 0 Å². The molecule has 0 aromatic heterocycles. The SMILES string of the molecule is COc1cc(CNC(=O)C(C)O)cc(OC)c1OC. The molecule has 19 heavy (non-hydrogen) atoms. The average molecular weight is 269 g/mol. The van der Waals surface area contributed by atoms with E-state index in [2.05, 4.69) is 5.32 Å². The molecule has 0 radical (unpaired) electrons. The molecule has 0 saturated heterocycles. The number of rotatable bonds is 6. The zero-order valence-electron chi connectivity index (χ0n) is 11.5. The number of aliphatic hydroxyl groups excluding tert-OH is 1. The summed E-state index contributed by atoms with van der Waals surface area (Å²) in [5, 5.41) is 11.7. The van der Waals surface area contributed by atoms with Crippen molar-refractivity contribution in [3.8, 4) is 17.2 Å². The Morgan fingerprint density at radius 1 is 1.21 bits per heavy atom. The standard InChI is InChI=1S/C13H19NO5/c1-8(15)13(16)14-7-9-5-10(17-2)12(19-4)11(6-9)18-3/h5-6,8,15H,7H2,1-4H3,(H,14,16). The van der Waals surface area contributed by atoms with Crippen LogP contribution in [-0.4, -0.2) is 38.4 Å². The van der Waals surface area contributed by atoms with E-state index in [-0.39, 0.29) is 6.54 Å². The van der Waals surface area contributed by atoms with Crippen molar-refractivity contribution in [3.63, 3.8) is 0 Å². The summed E-state index contributed by atoms with van der Waals surface area (Å²) in [5.41, 5.74) is 0.781. The molecule has 106 valence electrons. The summed E-state index contributed by atoms with van der Waals surface area (Å²) in [5.74, 6) is 1.09. The number of carbonyl (C=O) groups excluding carboxylic acids is 1. The van der Waals surface area contributed by atoms with Gasteiger partial charge >= 0.3 is 0 Å². The van der Waals surface area contributed by atoms with E-state index < -0.39 is 12.0 Å². The first-order valence-corrected chi connectivity index (χ1v) is 5.78. The van der Waals surface area contributed by atoms with Crippen molar-refractivity contribution in [2.24, 2.45) is 0 Å². The van der Waals surface area contributed by atoms with Crippen LogP contribution in [0.2, 0.25) is 0 Å². The maximum atomic E-state index is 11.3. The highest BCUT2D eigenvalue weighted by molar-refractivity contribution is 5.80. The summed E-state index contributed by atoms with van der Waals surface area (Å²) >= 11 is 0. The maximum absolute atomic E-state index is 11.3. The molecule has 0 fully saturated rings. The second-order valence-corrected chi connectivity index (χ2v) is 3.93. The molecule has 0 aliphatic rings. The lowest BCUT2D eigenvalue weighted by atomic mass is 10.1. The van der Waals surface area contributed by atoms with Gasteiger partial charge in [0.15, 0.2) is 11.5 Å². The van der Waals surface area contributed by atoms with E-state index in [0.29, 0.717) is 17.2 Å². The first-order chi connectivity index (χ1) is 9.03. The first kappa shape index (κ1) is 15.1. The molecule has 1 aromatic rings. The minimum atomic E-state index is -1.04. The van der Waals surface area contributed by atoms with Crippen LogP contribution in [0.25, 0.3) is 0 Å². The van der Waals surface area contributed by atoms with Crippen LogP contribution in [0, 0.1) is 0 Å². The molecule has 0 aliphatic heterocycles. The summed E-state index contributed by atoms with van der Waals surface area (Å²) in [4.78, 5) is 11.3. The molecular weight excluding hydrogens is 250 g/mol. The summed E-state index contributed by atoms with van der Waals surface area (Å²) in [6.45, 7) is 1.67. The molecule has 0 saturated carbocycles. The third kappa shape index (κ3) is 3.75. The Hall–Kier alpha value is -1.95. The fourth-order valence-corrected chi connectivity index (χ4v) is 1.57. The molecule has 6 heteroatoms. The Labute approximate surface area is 112 Å². The summed E-state index contributed by atoms with van der Waals surface area (Å²) in [7, 11) is 4.57. The largest absolute Gasteiger partial charge is 0.493 e. The van der Waals surface area contributed by atoms with Gasteiger partial charge in [-0.25, -0.2) is 0 Å². The number of ether oxygens (including phenoxy) is 3. The highest BCUT2D eigenvalue weighted by Crippen LogP contribution is 2.38. The van der Waals surface area contributed by atoms with Crippen molar-refractivity contribution in [3.05, 3.63) is 17.7 Å². The average Bonchev–Trinajstić information content (AvgIpc) is 2.42. The lowest BCUT2D eigenvalue weighted by molar-refractivity contribution is -0.128. The van der Waals surface area contributed by atoms with Crippen molar-refractivity contribution in [2.45, 2.75) is 19.6 Å². The van der Waals surface area contributed by atoms with Crippen molar-refractivity contribution in [1.29, 1.82) is 0 Å². The van der Waals surface area contributed by atoms with Crippen LogP contribution in [-0.2, 0) is 11.3 Å². The van der Waals surface area contributed by atoms with Crippen molar-refractivity contribution < 1.29 is 24.1 Å². The summed E-state index contributed by atoms with van der Waals surface area (Å²) < 4.78 is 15.6. The first-order valence-electron chi connectivity index (χ1n) is 5.78. The van der Waals surface area contributed by atoms with Crippen LogP contribution in [0.5, 0.6) is 17.2 Å². The normalized spacial score (nSPS) is 11.6. The van der Waals surface area contributed by atoms with Gasteiger partial charge in [0.05, 0.1) is 21.3 Å². The van der Waals surface area contributed by atoms with Crippen LogP contribution in [0.1, 0.15) is 12.5 Å². The van der Waals surface area contributed by atoms with E-state index in [4.69, 9.17) is 19.3 Å². The number of aliphatic hydroxyl groups is 1. The minimum Gasteiger partial charge on any atom is -0.493 e. The Morgan fingerprint density at radius 2 is 1.74 bits per heavy atom. The molecule has 1 unspecified atom stereocenters. The molecule has 0 bridgehead atoms. The molecule has 2 N–H and O–H groups in total. The monoisotopic (exact) mass is 269 g/mol. The third-order valence-electron chi connectivity index (χ3n) is 2.57. The van der Waals surface area contributed by atoms with E-state index in [1.54, 1.807) is 12.1 Å². The van der Waals surface area contributed by atoms with Crippen LogP contribution in [0.4, 0.5) is 0 Å². The Morgan fingerprint density at radius 3 is 2.11 bits per heavy atom. The minimum absolute atomic E-state index is 0.264. The van der Waals surface area contributed by atoms with Gasteiger partial charge < -0.3 is 24.6 Å². The van der Waals surface area contributed by atoms with Gasteiger partial charge in [0.2, 0.25) is 11.7 Å². The number of hydrogen-bond donors (Lipinski definition) is 2. The predicted octanol–water partition coefficient (Wildman–Crippen LogP) is 0.709. The molecule has 1 aromatic carbocycles. The smallest absolute Gasteiger partial charge is 0.248 e. The van der Waals surface area contributed by atoms with Gasteiger partial charge in [-0.05, 0) is 24.6 Å². The van der Waals surface area contributed by atoms with Gasteiger partial charge in [-0.1, -0.05) is 0 Å². The molecule has 1 atom stereocenters. The highest BCUT2D eigenvalue weighted by Gasteiger charge is 2.14. The number of hydrogen-bond acceptors (Lipinski definition) is 5. The van der Waals surface area contributed by atoms with E-state index in [1.807, 2.05) is 0 Å². The maximum Gasteiger partial charge on any atom is 0.248 e. The van der Waals surface area contributed by atoms with Gasteiger partial charge in [-0.3, -0.25) is 4.79 Å². The van der Waals surface area contributed by atoms with Gasteiger partial charge in [0.1, 0.15) is 6.10 Å². The number of amides is 1. The topological polar surface area (TPSA) is 77.0 Å². The third-order valence-corrected chi connectivity index (χ3v) is 2.57. The van der Waals surface area contributed by atoms with Gasteiger partial charge in [0.25, 0.3) is 0 Å². The summed E-state index contributed by atoms with van der Waals surface area (Å²) in [6, 6.07) is 3.48. The molecule has 0 spiro atoms. The fraction of sp³-hybridized carbons (Fsp3) is 0.462. The number of benzene rings is 1. The van der Waals surface area contributed by atoms with E-state index in [1.165, 1.54) is 28.3 Å². The second kappa shape index (κ2) is 6.84. The van der Waals surface area contributed by atoms with Crippen molar-refractivity contribution >= 4 is 5.91 Å². The zero-order valence-corrected chi connectivity index (χ0v) is 11.5. The Balaban J connectivity index is 2.93. The van der Waals surface area contributed by atoms with Crippen LogP contribution in [0.3, 0.4) is 0 Å². The Bertz CT molecular complexity index is 420. The van der Waals surface area contributed by atoms with Crippen molar-refractivity contribution in [1.82, 2.24) is 5.32 Å². The molecule has 0 aliphatic carbocycles. The van der Waals surface area contributed by atoms with Gasteiger partial charge in [0, 0.05) is 6.54 Å². The van der Waals surface area contributed by atoms with E-state index >= 15 is 0 Å². The molecular formula is C13H19NO5. The number of methoxy groups -OCH3 is 3. The highest BCUT2D eigenvalue weighted by atomic mass is 16.5. The predicted molar refractivity (Wildman–Crippen MR) is 69.6 cm³/mol. The van der Waals surface area contributed by atoms with Crippen LogP contribution in [0.15, 0.2) is 12.1 Å². The Kier molecular flexibility index (Phi) is 5.44. The summed E-state index contributed by atoms with van der Waals surface area (Å²) in [6.07, 6.45) is -1.04. The quantitative estimate of drug-likeness (QED) is 0.795. The van der Waals surface area contributed by atoms with E-state index in [0.717, 1.165) is 5.56 Å². The second-order valence-electron chi connectivity index (χ2n) is 3.93. The van der Waals surface area contributed by atoms with Gasteiger partial charge in [-0.2, -0.15) is 0 Å². The molecule has 0 heterocycles. The van der Waals surface area contributed by atoms with E-state index in [9.17, 15) is 4.79 Å². The number of nitrogens with one attached hydrogen (secondary N) is 1. The van der Waals surface area contributed by atoms with Crippen LogP contribution >= 0.6 is 0 Å². The zero-order chi connectivity index (χ0) is 14.4. The van der Waals surface area contributed by atoms with Crippen LogP contribution < -0.4 is 19.5 Å². The lowest BCUT2D eigenvalue weighted by Gasteiger charge is -2.14. The molecule has 1 rings (SSSR count). The number of carbonyl (C=O) groups is 1. The molecule has 1 amide bonds. The fourth-order valence-electron chi connectivity index (χ4n) is 1.57. The van der Waals surface area contributed by atoms with Crippen molar-refractivity contribution in [2.75, 3.05) is 21.3 Å². The lowest BCUT2D eigenvalue weighted by Crippen LogP contribution is -2.31. The molecule has 6 nitrogen and oxygen atoms in total.